The summed E-state index contributed by atoms with van der Waals surface area (Å²) >= 11 is 0. The third-order valence-electron chi connectivity index (χ3n) is 1.72. The van der Waals surface area contributed by atoms with Crippen LogP contribution >= 0.6 is 12.4 Å². The van der Waals surface area contributed by atoms with Gasteiger partial charge in [-0.2, -0.15) is 0 Å². The fourth-order valence-corrected chi connectivity index (χ4v) is 1.11. The highest BCUT2D eigenvalue weighted by Crippen LogP contribution is 2.19. The molecule has 0 saturated heterocycles. The van der Waals surface area contributed by atoms with Gasteiger partial charge in [-0.25, -0.2) is 0 Å². The molecule has 0 fully saturated rings. The summed E-state index contributed by atoms with van der Waals surface area (Å²) in [4.78, 5) is 0. The summed E-state index contributed by atoms with van der Waals surface area (Å²) in [5, 5.41) is 0. The lowest BCUT2D eigenvalue weighted by Crippen LogP contribution is -1.81. The average Bonchev–Trinajstić information content (AvgIpc) is 2.21. The molecule has 0 N–H and O–H groups in total. The SMILES string of the molecule is Cl.c1ccc(Oc2ccccc2)cc1. The number of rotatable bonds is 2. The van der Waals surface area contributed by atoms with Crippen LogP contribution in [0, 0.1) is 0 Å². The average molecular weight is 207 g/mol. The van der Waals surface area contributed by atoms with Gasteiger partial charge in [0.15, 0.2) is 0 Å². The monoisotopic (exact) mass is 206 g/mol. The van der Waals surface area contributed by atoms with Gasteiger partial charge in [-0.05, 0) is 24.3 Å². The van der Waals surface area contributed by atoms with Crippen LogP contribution in [-0.2, 0) is 0 Å². The Balaban J connectivity index is 0.000000980. The Kier molecular flexibility index (Phi) is 4.02. The van der Waals surface area contributed by atoms with Crippen molar-refractivity contribution in [3.05, 3.63) is 60.7 Å². The predicted molar refractivity (Wildman–Crippen MR) is 60.2 cm³/mol. The number of para-hydroxylation sites is 2. The van der Waals surface area contributed by atoms with Crippen LogP contribution in [0.3, 0.4) is 0 Å². The predicted octanol–water partition coefficient (Wildman–Crippen LogP) is 3.90. The molecular weight excluding hydrogens is 196 g/mol. The summed E-state index contributed by atoms with van der Waals surface area (Å²) in [6, 6.07) is 19.5. The summed E-state index contributed by atoms with van der Waals surface area (Å²) in [5.74, 6) is 1.74. The molecule has 0 aliphatic heterocycles. The molecule has 0 bridgehead atoms. The van der Waals surface area contributed by atoms with Gasteiger partial charge >= 0.3 is 0 Å². The van der Waals surface area contributed by atoms with E-state index in [0.717, 1.165) is 11.5 Å². The molecule has 72 valence electrons. The maximum absolute atomic E-state index is 5.58. The molecule has 0 saturated carbocycles. The number of benzene rings is 2. The standard InChI is InChI=1S/C12H10O.ClH/c1-3-7-11(8-4-1)13-12-9-5-2-6-10-12;/h1-10H;1H. The van der Waals surface area contributed by atoms with E-state index in [4.69, 9.17) is 4.74 Å². The van der Waals surface area contributed by atoms with Crippen LogP contribution in [0.2, 0.25) is 0 Å². The molecule has 0 spiro atoms. The molecule has 0 unspecified atom stereocenters. The highest BCUT2D eigenvalue weighted by atomic mass is 35.5. The van der Waals surface area contributed by atoms with Gasteiger partial charge < -0.3 is 4.74 Å². The molecule has 0 aromatic heterocycles. The van der Waals surface area contributed by atoms with Crippen LogP contribution in [0.15, 0.2) is 60.7 Å². The first-order valence-corrected chi connectivity index (χ1v) is 4.23. The lowest BCUT2D eigenvalue weighted by molar-refractivity contribution is 0.482. The van der Waals surface area contributed by atoms with Crippen LogP contribution in [0.1, 0.15) is 0 Å². The minimum Gasteiger partial charge on any atom is -0.457 e. The van der Waals surface area contributed by atoms with Crippen molar-refractivity contribution >= 4 is 12.4 Å². The van der Waals surface area contributed by atoms with Gasteiger partial charge in [-0.1, -0.05) is 36.4 Å². The van der Waals surface area contributed by atoms with E-state index >= 15 is 0 Å². The zero-order valence-corrected chi connectivity index (χ0v) is 8.41. The quantitative estimate of drug-likeness (QED) is 0.724. The Bertz CT molecular complexity index is 321. The molecule has 1 nitrogen and oxygen atoms in total. The first kappa shape index (κ1) is 10.6. The summed E-state index contributed by atoms with van der Waals surface area (Å²) in [6.07, 6.45) is 0. The van der Waals surface area contributed by atoms with Crippen molar-refractivity contribution in [2.75, 3.05) is 0 Å². The highest BCUT2D eigenvalue weighted by molar-refractivity contribution is 5.85. The van der Waals surface area contributed by atoms with Gasteiger partial charge in [0.25, 0.3) is 0 Å². The summed E-state index contributed by atoms with van der Waals surface area (Å²) < 4.78 is 5.58. The third kappa shape index (κ3) is 2.79. The van der Waals surface area contributed by atoms with E-state index in [0.29, 0.717) is 0 Å². The van der Waals surface area contributed by atoms with Crippen molar-refractivity contribution in [3.8, 4) is 11.5 Å². The van der Waals surface area contributed by atoms with E-state index in [1.165, 1.54) is 0 Å². The second-order valence-corrected chi connectivity index (χ2v) is 2.73. The van der Waals surface area contributed by atoms with E-state index in [9.17, 15) is 0 Å². The van der Waals surface area contributed by atoms with E-state index < -0.39 is 0 Å². The van der Waals surface area contributed by atoms with Gasteiger partial charge in [0, 0.05) is 0 Å². The van der Waals surface area contributed by atoms with E-state index in [1.54, 1.807) is 0 Å². The number of hydrogen-bond acceptors (Lipinski definition) is 1. The topological polar surface area (TPSA) is 9.23 Å². The summed E-state index contributed by atoms with van der Waals surface area (Å²) in [7, 11) is 0. The second-order valence-electron chi connectivity index (χ2n) is 2.73. The first-order valence-electron chi connectivity index (χ1n) is 4.23. The molecule has 2 heteroatoms. The normalized spacial score (nSPS) is 8.86. The molecule has 0 atom stereocenters. The van der Waals surface area contributed by atoms with Crippen LogP contribution in [0.5, 0.6) is 11.5 Å². The number of halogens is 1. The maximum Gasteiger partial charge on any atom is 0.127 e. The van der Waals surface area contributed by atoms with Gasteiger partial charge in [0.05, 0.1) is 0 Å². The Morgan fingerprint density at radius 3 is 1.29 bits per heavy atom. The van der Waals surface area contributed by atoms with Crippen molar-refractivity contribution in [1.29, 1.82) is 0 Å². The van der Waals surface area contributed by atoms with Crippen molar-refractivity contribution in [1.82, 2.24) is 0 Å². The second kappa shape index (κ2) is 5.30. The summed E-state index contributed by atoms with van der Waals surface area (Å²) in [5.41, 5.74) is 0. The molecule has 0 aliphatic carbocycles. The Labute approximate surface area is 89.8 Å². The van der Waals surface area contributed by atoms with Crippen molar-refractivity contribution in [3.63, 3.8) is 0 Å². The molecule has 14 heavy (non-hydrogen) atoms. The molecule has 0 radical (unpaired) electrons. The lowest BCUT2D eigenvalue weighted by atomic mass is 10.3. The zero-order valence-electron chi connectivity index (χ0n) is 7.59. The van der Waals surface area contributed by atoms with Gasteiger partial charge in [-0.15, -0.1) is 12.4 Å². The molecule has 0 heterocycles. The van der Waals surface area contributed by atoms with Crippen molar-refractivity contribution in [2.24, 2.45) is 0 Å². The van der Waals surface area contributed by atoms with Crippen LogP contribution in [0.4, 0.5) is 0 Å². The van der Waals surface area contributed by atoms with E-state index in [2.05, 4.69) is 0 Å². The number of ether oxygens (including phenoxy) is 1. The Morgan fingerprint density at radius 2 is 0.929 bits per heavy atom. The summed E-state index contributed by atoms with van der Waals surface area (Å²) in [6.45, 7) is 0. The lowest BCUT2D eigenvalue weighted by Gasteiger charge is -2.03. The minimum atomic E-state index is 0. The van der Waals surface area contributed by atoms with Gasteiger partial charge in [0.2, 0.25) is 0 Å². The van der Waals surface area contributed by atoms with Crippen LogP contribution in [0.25, 0.3) is 0 Å². The van der Waals surface area contributed by atoms with Crippen LogP contribution in [-0.4, -0.2) is 0 Å². The van der Waals surface area contributed by atoms with Crippen LogP contribution < -0.4 is 4.74 Å². The highest BCUT2D eigenvalue weighted by Gasteiger charge is 1.92. The molecule has 2 rings (SSSR count). The molecular formula is C12H11ClO. The molecule has 2 aromatic carbocycles. The van der Waals surface area contributed by atoms with Gasteiger partial charge in [0.1, 0.15) is 11.5 Å². The maximum atomic E-state index is 5.58. The zero-order chi connectivity index (χ0) is 8.93. The Hall–Kier alpha value is -1.47. The Morgan fingerprint density at radius 1 is 0.571 bits per heavy atom. The van der Waals surface area contributed by atoms with E-state index in [1.807, 2.05) is 60.7 Å². The molecule has 2 aromatic rings. The van der Waals surface area contributed by atoms with Gasteiger partial charge in [-0.3, -0.25) is 0 Å². The number of hydrogen-bond donors (Lipinski definition) is 0. The first-order chi connectivity index (χ1) is 6.45. The largest absolute Gasteiger partial charge is 0.457 e. The molecule has 0 aliphatic rings. The van der Waals surface area contributed by atoms with Crippen molar-refractivity contribution < 1.29 is 4.74 Å². The third-order valence-corrected chi connectivity index (χ3v) is 1.72. The smallest absolute Gasteiger partial charge is 0.127 e. The van der Waals surface area contributed by atoms with E-state index in [-0.39, 0.29) is 12.4 Å². The fraction of sp³-hybridized carbons (Fsp3) is 0. The minimum absolute atomic E-state index is 0. The molecule has 0 amide bonds. The van der Waals surface area contributed by atoms with Crippen molar-refractivity contribution in [2.45, 2.75) is 0 Å². The fourth-order valence-electron chi connectivity index (χ4n) is 1.11.